The molecule has 0 aliphatic heterocycles. The second kappa shape index (κ2) is 7.05. The largest absolute Gasteiger partial charge is 0.441 e. The lowest BCUT2D eigenvalue weighted by atomic mass is 9.98. The molecule has 1 heterocycles. The highest BCUT2D eigenvalue weighted by Gasteiger charge is 2.17. The summed E-state index contributed by atoms with van der Waals surface area (Å²) < 4.78 is 5.84. The lowest BCUT2D eigenvalue weighted by molar-refractivity contribution is 0.103. The molecule has 3 rings (SSSR count). The Morgan fingerprint density at radius 1 is 1.04 bits per heavy atom. The molecular formula is C20H19NO2. The molecule has 0 unspecified atom stereocenters. The van der Waals surface area contributed by atoms with Crippen LogP contribution < -0.4 is 0 Å². The molecule has 0 saturated heterocycles. The van der Waals surface area contributed by atoms with E-state index in [2.05, 4.69) is 11.9 Å². The maximum absolute atomic E-state index is 12.7. The van der Waals surface area contributed by atoms with Gasteiger partial charge in [0.05, 0.1) is 6.20 Å². The molecule has 3 nitrogen and oxygen atoms in total. The smallest absolute Gasteiger partial charge is 0.226 e. The molecule has 0 saturated carbocycles. The molecule has 0 fully saturated rings. The monoisotopic (exact) mass is 305 g/mol. The van der Waals surface area contributed by atoms with Gasteiger partial charge < -0.3 is 4.42 Å². The zero-order valence-electron chi connectivity index (χ0n) is 13.2. The number of nitrogens with zero attached hydrogens (tertiary/aromatic N) is 1. The van der Waals surface area contributed by atoms with Crippen molar-refractivity contribution in [3.8, 4) is 11.5 Å². The Balaban J connectivity index is 1.95. The van der Waals surface area contributed by atoms with E-state index in [-0.39, 0.29) is 5.78 Å². The van der Waals surface area contributed by atoms with Gasteiger partial charge in [-0.05, 0) is 12.5 Å². The zero-order valence-corrected chi connectivity index (χ0v) is 13.2. The quantitative estimate of drug-likeness (QED) is 0.607. The normalized spacial score (nSPS) is 10.7. The zero-order chi connectivity index (χ0) is 16.1. The minimum atomic E-state index is -0.0190. The average Bonchev–Trinajstić information content (AvgIpc) is 3.09. The summed E-state index contributed by atoms with van der Waals surface area (Å²) in [5.74, 6) is 1.36. The van der Waals surface area contributed by atoms with Crippen molar-refractivity contribution in [1.82, 2.24) is 4.98 Å². The second-order valence-electron chi connectivity index (χ2n) is 5.48. The Morgan fingerprint density at radius 2 is 1.78 bits per heavy atom. The van der Waals surface area contributed by atoms with Gasteiger partial charge in [0.15, 0.2) is 5.78 Å². The Bertz CT molecular complexity index is 790. The Kier molecular flexibility index (Phi) is 4.67. The van der Waals surface area contributed by atoms with Crippen molar-refractivity contribution < 1.29 is 9.21 Å². The summed E-state index contributed by atoms with van der Waals surface area (Å²) >= 11 is 0. The highest BCUT2D eigenvalue weighted by Crippen LogP contribution is 2.26. The van der Waals surface area contributed by atoms with Crippen molar-refractivity contribution in [2.75, 3.05) is 0 Å². The third kappa shape index (κ3) is 3.39. The van der Waals surface area contributed by atoms with Gasteiger partial charge in [0.2, 0.25) is 5.89 Å². The highest BCUT2D eigenvalue weighted by molar-refractivity contribution is 6.12. The van der Waals surface area contributed by atoms with Crippen LogP contribution >= 0.6 is 0 Å². The number of carbonyl (C=O) groups is 1. The lowest BCUT2D eigenvalue weighted by Crippen LogP contribution is -2.03. The van der Waals surface area contributed by atoms with E-state index in [4.69, 9.17) is 4.42 Å². The average molecular weight is 305 g/mol. The molecule has 3 aromatic rings. The molecule has 2 aromatic carbocycles. The van der Waals surface area contributed by atoms with Crippen molar-refractivity contribution in [1.29, 1.82) is 0 Å². The maximum Gasteiger partial charge on any atom is 0.226 e. The summed E-state index contributed by atoms with van der Waals surface area (Å²) in [6.45, 7) is 2.14. The second-order valence-corrected chi connectivity index (χ2v) is 5.48. The molecular weight excluding hydrogens is 286 g/mol. The number of carbonyl (C=O) groups excluding carboxylic acids is 1. The fourth-order valence-electron chi connectivity index (χ4n) is 2.51. The first kappa shape index (κ1) is 15.2. The van der Waals surface area contributed by atoms with E-state index < -0.39 is 0 Å². The van der Waals surface area contributed by atoms with Crippen LogP contribution in [-0.4, -0.2) is 10.8 Å². The fourth-order valence-corrected chi connectivity index (χ4v) is 2.51. The molecule has 0 spiro atoms. The minimum Gasteiger partial charge on any atom is -0.441 e. The topological polar surface area (TPSA) is 43.1 Å². The summed E-state index contributed by atoms with van der Waals surface area (Å²) in [6, 6.07) is 16.7. The Hall–Kier alpha value is -2.68. The van der Waals surface area contributed by atoms with Gasteiger partial charge in [-0.15, -0.1) is 0 Å². The Morgan fingerprint density at radius 3 is 2.57 bits per heavy atom. The minimum absolute atomic E-state index is 0.0190. The van der Waals surface area contributed by atoms with Crippen molar-refractivity contribution in [2.45, 2.75) is 26.2 Å². The number of rotatable bonds is 6. The van der Waals surface area contributed by atoms with Gasteiger partial charge in [0.1, 0.15) is 5.76 Å². The van der Waals surface area contributed by atoms with E-state index in [9.17, 15) is 4.79 Å². The van der Waals surface area contributed by atoms with Crippen molar-refractivity contribution >= 4 is 5.78 Å². The molecule has 0 aliphatic carbocycles. The molecule has 0 atom stereocenters. The molecule has 0 radical (unpaired) electrons. The van der Waals surface area contributed by atoms with Gasteiger partial charge in [-0.1, -0.05) is 61.9 Å². The van der Waals surface area contributed by atoms with E-state index in [0.29, 0.717) is 17.0 Å². The van der Waals surface area contributed by atoms with Gasteiger partial charge >= 0.3 is 0 Å². The number of oxazole rings is 1. The molecule has 1 aromatic heterocycles. The van der Waals surface area contributed by atoms with Crippen LogP contribution in [0, 0.1) is 0 Å². The standard InChI is InChI=1S/C20H19NO2/c1-2-3-11-16-14-21-20(23-16)18-13-8-7-12-17(18)19(22)15-9-5-4-6-10-15/h4-10,12-14H,2-3,11H2,1H3. The number of aryl methyl sites for hydroxylation is 1. The summed E-state index contributed by atoms with van der Waals surface area (Å²) in [7, 11) is 0. The van der Waals surface area contributed by atoms with E-state index >= 15 is 0 Å². The highest BCUT2D eigenvalue weighted by atomic mass is 16.4. The molecule has 3 heteroatoms. The van der Waals surface area contributed by atoms with Gasteiger partial charge in [-0.25, -0.2) is 4.98 Å². The van der Waals surface area contributed by atoms with Gasteiger partial charge in [0, 0.05) is 23.1 Å². The molecule has 0 bridgehead atoms. The summed E-state index contributed by atoms with van der Waals surface area (Å²) in [4.78, 5) is 17.1. The third-order valence-electron chi connectivity index (χ3n) is 3.77. The predicted octanol–water partition coefficient (Wildman–Crippen LogP) is 4.92. The van der Waals surface area contributed by atoms with Crippen LogP contribution in [0.1, 0.15) is 41.4 Å². The number of ketones is 1. The molecule has 0 N–H and O–H groups in total. The molecule has 23 heavy (non-hydrogen) atoms. The number of unbranched alkanes of at least 4 members (excludes halogenated alkanes) is 1. The maximum atomic E-state index is 12.7. The van der Waals surface area contributed by atoms with Crippen LogP contribution in [0.2, 0.25) is 0 Å². The van der Waals surface area contributed by atoms with Crippen molar-refractivity contribution in [3.63, 3.8) is 0 Å². The number of aromatic nitrogens is 1. The van der Waals surface area contributed by atoms with E-state index in [1.54, 1.807) is 6.20 Å². The van der Waals surface area contributed by atoms with E-state index in [0.717, 1.165) is 30.6 Å². The SMILES string of the molecule is CCCCc1cnc(-c2ccccc2C(=O)c2ccccc2)o1. The lowest BCUT2D eigenvalue weighted by Gasteiger charge is -2.06. The van der Waals surface area contributed by atoms with Crippen molar-refractivity contribution in [3.05, 3.63) is 77.7 Å². The number of hydrogen-bond donors (Lipinski definition) is 0. The summed E-state index contributed by atoms with van der Waals surface area (Å²) in [6.07, 6.45) is 4.81. The van der Waals surface area contributed by atoms with Crippen LogP contribution in [0.4, 0.5) is 0 Å². The van der Waals surface area contributed by atoms with Crippen LogP contribution in [0.15, 0.2) is 65.2 Å². The molecule has 0 aliphatic rings. The van der Waals surface area contributed by atoms with Crippen LogP contribution in [-0.2, 0) is 6.42 Å². The van der Waals surface area contributed by atoms with Gasteiger partial charge in [-0.2, -0.15) is 0 Å². The number of benzene rings is 2. The summed E-state index contributed by atoms with van der Waals surface area (Å²) in [5, 5.41) is 0. The Labute approximate surface area is 136 Å². The number of hydrogen-bond acceptors (Lipinski definition) is 3. The van der Waals surface area contributed by atoms with Crippen LogP contribution in [0.5, 0.6) is 0 Å². The van der Waals surface area contributed by atoms with Crippen molar-refractivity contribution in [2.24, 2.45) is 0 Å². The third-order valence-corrected chi connectivity index (χ3v) is 3.77. The van der Waals surface area contributed by atoms with Crippen LogP contribution in [0.25, 0.3) is 11.5 Å². The molecule has 0 amide bonds. The van der Waals surface area contributed by atoms with E-state index in [1.165, 1.54) is 0 Å². The first-order chi connectivity index (χ1) is 11.3. The first-order valence-electron chi connectivity index (χ1n) is 7.93. The van der Waals surface area contributed by atoms with Gasteiger partial charge in [-0.3, -0.25) is 4.79 Å². The fraction of sp³-hybridized carbons (Fsp3) is 0.200. The van der Waals surface area contributed by atoms with E-state index in [1.807, 2.05) is 54.6 Å². The molecule has 116 valence electrons. The van der Waals surface area contributed by atoms with Crippen LogP contribution in [0.3, 0.4) is 0 Å². The van der Waals surface area contributed by atoms with Gasteiger partial charge in [0.25, 0.3) is 0 Å². The predicted molar refractivity (Wildman–Crippen MR) is 90.4 cm³/mol. The first-order valence-corrected chi connectivity index (χ1v) is 7.93. The summed E-state index contributed by atoms with van der Waals surface area (Å²) in [5.41, 5.74) is 2.02.